The summed E-state index contributed by atoms with van der Waals surface area (Å²) in [5, 5.41) is 6.51. The van der Waals surface area contributed by atoms with E-state index in [1.807, 2.05) is 25.7 Å². The van der Waals surface area contributed by atoms with Crippen LogP contribution in [-0.2, 0) is 0 Å². The zero-order valence-corrected chi connectivity index (χ0v) is 11.8. The molecule has 0 aliphatic carbocycles. The van der Waals surface area contributed by atoms with Crippen LogP contribution in [0.25, 0.3) is 0 Å². The Bertz CT molecular complexity index is 260. The fourth-order valence-corrected chi connectivity index (χ4v) is 2.30. The molecule has 2 amide bonds. The predicted octanol–water partition coefficient (Wildman–Crippen LogP) is 1.81. The zero-order valence-electron chi connectivity index (χ0n) is 11.8. The molecule has 0 spiro atoms. The highest BCUT2D eigenvalue weighted by Gasteiger charge is 2.29. The van der Waals surface area contributed by atoms with Crippen LogP contribution in [0, 0.1) is 5.92 Å². The van der Waals surface area contributed by atoms with Gasteiger partial charge in [0, 0.05) is 24.7 Å². The number of likely N-dealkylation sites (tertiary alicyclic amines) is 1. The van der Waals surface area contributed by atoms with Gasteiger partial charge in [0.15, 0.2) is 0 Å². The van der Waals surface area contributed by atoms with Crippen LogP contribution in [0.5, 0.6) is 0 Å². The summed E-state index contributed by atoms with van der Waals surface area (Å²) in [5.41, 5.74) is -0.154. The molecular weight excluding hydrogens is 214 g/mol. The number of rotatable bonds is 2. The van der Waals surface area contributed by atoms with Gasteiger partial charge in [-0.15, -0.1) is 0 Å². The first-order valence-corrected chi connectivity index (χ1v) is 6.64. The molecule has 0 saturated carbocycles. The molecule has 0 aromatic carbocycles. The van der Waals surface area contributed by atoms with Crippen molar-refractivity contribution < 1.29 is 4.79 Å². The quantitative estimate of drug-likeness (QED) is 0.774. The molecule has 1 aliphatic rings. The summed E-state index contributed by atoms with van der Waals surface area (Å²) in [6.07, 6.45) is 1.05. The number of carbonyl (C=O) groups is 1. The van der Waals surface area contributed by atoms with Crippen molar-refractivity contribution in [3.63, 3.8) is 0 Å². The highest BCUT2D eigenvalue weighted by Crippen LogP contribution is 2.17. The number of piperidine rings is 1. The van der Waals surface area contributed by atoms with Gasteiger partial charge in [0.1, 0.15) is 0 Å². The molecule has 1 fully saturated rings. The van der Waals surface area contributed by atoms with E-state index in [9.17, 15) is 4.79 Å². The van der Waals surface area contributed by atoms with Crippen molar-refractivity contribution in [1.29, 1.82) is 0 Å². The smallest absolute Gasteiger partial charge is 0.317 e. The van der Waals surface area contributed by atoms with Gasteiger partial charge in [-0.25, -0.2) is 4.79 Å². The van der Waals surface area contributed by atoms with Crippen molar-refractivity contribution in [1.82, 2.24) is 15.5 Å². The lowest BCUT2D eigenvalue weighted by atomic mass is 9.94. The molecule has 0 radical (unpaired) electrons. The van der Waals surface area contributed by atoms with Crippen LogP contribution in [0.2, 0.25) is 0 Å². The van der Waals surface area contributed by atoms with E-state index in [2.05, 4.69) is 24.5 Å². The number of nitrogens with zero attached hydrogens (tertiary/aromatic N) is 1. The maximum Gasteiger partial charge on any atom is 0.317 e. The first-order valence-electron chi connectivity index (χ1n) is 6.64. The summed E-state index contributed by atoms with van der Waals surface area (Å²) in [4.78, 5) is 14.0. The molecular formula is C13H27N3O. The van der Waals surface area contributed by atoms with Crippen molar-refractivity contribution in [3.05, 3.63) is 0 Å². The van der Waals surface area contributed by atoms with Gasteiger partial charge in [-0.1, -0.05) is 13.8 Å². The fraction of sp³-hybridized carbons (Fsp3) is 0.923. The first-order chi connectivity index (χ1) is 7.83. The van der Waals surface area contributed by atoms with Crippen molar-refractivity contribution in [2.45, 2.75) is 52.6 Å². The van der Waals surface area contributed by atoms with E-state index in [-0.39, 0.29) is 11.6 Å². The molecule has 2 unspecified atom stereocenters. The van der Waals surface area contributed by atoms with Gasteiger partial charge < -0.3 is 15.5 Å². The average molecular weight is 241 g/mol. The number of carbonyl (C=O) groups excluding carboxylic acids is 1. The summed E-state index contributed by atoms with van der Waals surface area (Å²) in [7, 11) is 0. The normalized spacial score (nSPS) is 25.8. The van der Waals surface area contributed by atoms with Crippen molar-refractivity contribution in [3.8, 4) is 0 Å². The third kappa shape index (κ3) is 4.54. The van der Waals surface area contributed by atoms with Gasteiger partial charge in [0.25, 0.3) is 0 Å². The largest absolute Gasteiger partial charge is 0.333 e. The highest BCUT2D eigenvalue weighted by molar-refractivity contribution is 5.75. The van der Waals surface area contributed by atoms with Crippen molar-refractivity contribution >= 4 is 6.03 Å². The van der Waals surface area contributed by atoms with E-state index >= 15 is 0 Å². The number of nitrogens with one attached hydrogen (secondary N) is 2. The number of hydrogen-bond acceptors (Lipinski definition) is 2. The van der Waals surface area contributed by atoms with Crippen LogP contribution >= 0.6 is 0 Å². The van der Waals surface area contributed by atoms with Crippen LogP contribution in [0.15, 0.2) is 0 Å². The van der Waals surface area contributed by atoms with Gasteiger partial charge in [-0.05, 0) is 39.7 Å². The minimum atomic E-state index is -0.154. The molecule has 0 bridgehead atoms. The Hall–Kier alpha value is -0.770. The SMILES string of the molecule is CCNC1CCN(C(=O)NC(C)(C)C)CC1C. The third-order valence-electron chi connectivity index (χ3n) is 3.14. The lowest BCUT2D eigenvalue weighted by Crippen LogP contribution is -2.55. The average Bonchev–Trinajstić information content (AvgIpc) is 2.18. The van der Waals surface area contributed by atoms with Crippen LogP contribution in [0.3, 0.4) is 0 Å². The Morgan fingerprint density at radius 1 is 1.41 bits per heavy atom. The maximum absolute atomic E-state index is 12.0. The summed E-state index contributed by atoms with van der Waals surface area (Å²) in [5.74, 6) is 0.523. The van der Waals surface area contributed by atoms with Crippen LogP contribution < -0.4 is 10.6 Å². The van der Waals surface area contributed by atoms with E-state index < -0.39 is 0 Å². The predicted molar refractivity (Wildman–Crippen MR) is 71.1 cm³/mol. The second kappa shape index (κ2) is 5.71. The lowest BCUT2D eigenvalue weighted by molar-refractivity contribution is 0.145. The molecule has 1 aliphatic heterocycles. The molecule has 1 saturated heterocycles. The standard InChI is InChI=1S/C13H27N3O/c1-6-14-11-7-8-16(9-10(11)2)12(17)15-13(3,4)5/h10-11,14H,6-9H2,1-5H3,(H,15,17). The number of amides is 2. The molecule has 0 aromatic rings. The monoisotopic (exact) mass is 241 g/mol. The molecule has 100 valence electrons. The van der Waals surface area contributed by atoms with Gasteiger partial charge in [0.05, 0.1) is 0 Å². The molecule has 1 heterocycles. The fourth-order valence-electron chi connectivity index (χ4n) is 2.30. The Morgan fingerprint density at radius 3 is 2.53 bits per heavy atom. The van der Waals surface area contributed by atoms with Crippen LogP contribution in [-0.4, -0.2) is 42.1 Å². The first kappa shape index (κ1) is 14.3. The third-order valence-corrected chi connectivity index (χ3v) is 3.14. The Kier molecular flexibility index (Phi) is 4.80. The van der Waals surface area contributed by atoms with E-state index in [0.717, 1.165) is 26.1 Å². The highest BCUT2D eigenvalue weighted by atomic mass is 16.2. The lowest BCUT2D eigenvalue weighted by Gasteiger charge is -2.38. The second-order valence-corrected chi connectivity index (χ2v) is 6.06. The van der Waals surface area contributed by atoms with E-state index in [1.54, 1.807) is 0 Å². The summed E-state index contributed by atoms with van der Waals surface area (Å²) in [6.45, 7) is 13.1. The Balaban J connectivity index is 2.46. The van der Waals surface area contributed by atoms with Gasteiger partial charge in [-0.3, -0.25) is 0 Å². The maximum atomic E-state index is 12.0. The van der Waals surface area contributed by atoms with Crippen LogP contribution in [0.1, 0.15) is 41.0 Å². The molecule has 17 heavy (non-hydrogen) atoms. The summed E-state index contributed by atoms with van der Waals surface area (Å²) in [6, 6.07) is 0.623. The number of urea groups is 1. The molecule has 1 rings (SSSR count). The molecule has 2 atom stereocenters. The molecule has 4 nitrogen and oxygen atoms in total. The van der Waals surface area contributed by atoms with Crippen molar-refractivity contribution in [2.24, 2.45) is 5.92 Å². The molecule has 0 aromatic heterocycles. The van der Waals surface area contributed by atoms with E-state index in [4.69, 9.17) is 0 Å². The molecule has 2 N–H and O–H groups in total. The minimum absolute atomic E-state index is 0.0688. The second-order valence-electron chi connectivity index (χ2n) is 6.06. The van der Waals surface area contributed by atoms with Gasteiger partial charge in [0.2, 0.25) is 0 Å². The summed E-state index contributed by atoms with van der Waals surface area (Å²) < 4.78 is 0. The molecule has 4 heteroatoms. The Morgan fingerprint density at radius 2 is 2.06 bits per heavy atom. The Labute approximate surface area is 105 Å². The van der Waals surface area contributed by atoms with E-state index in [1.165, 1.54) is 0 Å². The summed E-state index contributed by atoms with van der Waals surface area (Å²) >= 11 is 0. The van der Waals surface area contributed by atoms with E-state index in [0.29, 0.717) is 12.0 Å². The minimum Gasteiger partial charge on any atom is -0.333 e. The van der Waals surface area contributed by atoms with Gasteiger partial charge in [-0.2, -0.15) is 0 Å². The number of hydrogen-bond donors (Lipinski definition) is 2. The van der Waals surface area contributed by atoms with Crippen molar-refractivity contribution in [2.75, 3.05) is 19.6 Å². The topological polar surface area (TPSA) is 44.4 Å². The van der Waals surface area contributed by atoms with Crippen LogP contribution in [0.4, 0.5) is 4.79 Å². The zero-order chi connectivity index (χ0) is 13.1. The van der Waals surface area contributed by atoms with Gasteiger partial charge >= 0.3 is 6.03 Å².